The Kier molecular flexibility index (Phi) is 9.92. The molecule has 1 aliphatic heterocycles. The monoisotopic (exact) mass is 622 g/mol. The number of rotatable bonds is 6. The molecule has 2 aromatic carbocycles. The third kappa shape index (κ3) is 7.35. The number of hydrogen-bond acceptors (Lipinski definition) is 8. The van der Waals surface area contributed by atoms with E-state index in [1.54, 1.807) is 13.8 Å². The zero-order valence-corrected chi connectivity index (χ0v) is 23.6. The number of methoxy groups -OCH3 is 3. The van der Waals surface area contributed by atoms with Crippen molar-refractivity contribution in [1.82, 2.24) is 4.90 Å². The van der Waals surface area contributed by atoms with Crippen LogP contribution in [0.1, 0.15) is 48.6 Å². The van der Waals surface area contributed by atoms with Crippen LogP contribution in [0, 0.1) is 0 Å². The van der Waals surface area contributed by atoms with E-state index in [-0.39, 0.29) is 41.8 Å². The molecule has 236 valence electrons. The Hall–Kier alpha value is -4.37. The van der Waals surface area contributed by atoms with Gasteiger partial charge in [-0.25, -0.2) is 14.4 Å². The van der Waals surface area contributed by atoms with E-state index in [9.17, 15) is 40.7 Å². The Labute approximate surface area is 242 Å². The number of ether oxygens (including phenoxy) is 5. The van der Waals surface area contributed by atoms with Gasteiger partial charge in [0.2, 0.25) is 0 Å². The van der Waals surface area contributed by atoms with Gasteiger partial charge in [0, 0.05) is 24.2 Å². The van der Waals surface area contributed by atoms with Gasteiger partial charge in [0.15, 0.2) is 11.5 Å². The molecule has 43 heavy (non-hydrogen) atoms. The van der Waals surface area contributed by atoms with Crippen molar-refractivity contribution in [1.29, 1.82) is 0 Å². The molecule has 0 N–H and O–H groups in total. The average molecular weight is 623 g/mol. The molecule has 0 saturated carbocycles. The highest BCUT2D eigenvalue weighted by molar-refractivity contribution is 5.91. The van der Waals surface area contributed by atoms with Gasteiger partial charge in [-0.15, -0.1) is 0 Å². The molecule has 0 spiro atoms. The molecule has 0 bridgehead atoms. The summed E-state index contributed by atoms with van der Waals surface area (Å²) in [5.41, 5.74) is -3.38. The topological polar surface area (TPSA) is 104 Å². The van der Waals surface area contributed by atoms with Crippen LogP contribution in [0.4, 0.5) is 46.4 Å². The molecule has 2 aromatic rings. The number of benzene rings is 2. The lowest BCUT2D eigenvalue weighted by Gasteiger charge is -2.42. The summed E-state index contributed by atoms with van der Waals surface area (Å²) >= 11 is 0. The smallest absolute Gasteiger partial charge is 0.493 e. The standard InChI is InChI=1S/C27H28F6N2O8/c1-6-42-24(37)35-14(2)7-19(18-11-22(43-25(38)41-5)21(39-3)12-20(18)35)34(23(36)40-4)13-15-8-16(26(28,29)30)10-17(9-15)27(31,32)33/h8-12,14,19H,6-7,13H2,1-5H3. The summed E-state index contributed by atoms with van der Waals surface area (Å²) in [6.07, 6.45) is -13.3. The van der Waals surface area contributed by atoms with Gasteiger partial charge in [0.05, 0.1) is 50.8 Å². The highest BCUT2D eigenvalue weighted by atomic mass is 19.4. The average Bonchev–Trinajstić information content (AvgIpc) is 2.93. The highest BCUT2D eigenvalue weighted by Gasteiger charge is 2.42. The molecule has 0 radical (unpaired) electrons. The van der Waals surface area contributed by atoms with E-state index >= 15 is 0 Å². The van der Waals surface area contributed by atoms with E-state index in [0.29, 0.717) is 12.1 Å². The SMILES string of the molecule is CCOC(=O)N1c2cc(OC)c(OC(=O)OC)cc2C(N(Cc2cc(C(F)(F)F)cc(C(F)(F)F)c2)C(=O)OC)CC1C. The summed E-state index contributed by atoms with van der Waals surface area (Å²) < 4.78 is 106. The molecule has 2 unspecified atom stereocenters. The zero-order valence-electron chi connectivity index (χ0n) is 23.6. The lowest BCUT2D eigenvalue weighted by molar-refractivity contribution is -0.143. The molecule has 0 fully saturated rings. The molecule has 16 heteroatoms. The maximum Gasteiger partial charge on any atom is 0.513 e. The fourth-order valence-corrected chi connectivity index (χ4v) is 4.70. The molecule has 2 amide bonds. The number of anilines is 1. The van der Waals surface area contributed by atoms with Gasteiger partial charge in [-0.3, -0.25) is 9.80 Å². The van der Waals surface area contributed by atoms with Gasteiger partial charge in [-0.05, 0) is 50.1 Å². The van der Waals surface area contributed by atoms with E-state index < -0.39 is 66.0 Å². The largest absolute Gasteiger partial charge is 0.513 e. The van der Waals surface area contributed by atoms with Crippen molar-refractivity contribution in [2.45, 2.75) is 51.2 Å². The molecule has 3 rings (SSSR count). The molecule has 0 aliphatic carbocycles. The fourth-order valence-electron chi connectivity index (χ4n) is 4.70. The lowest BCUT2D eigenvalue weighted by Crippen LogP contribution is -2.47. The minimum Gasteiger partial charge on any atom is -0.493 e. The first-order valence-corrected chi connectivity index (χ1v) is 12.6. The summed E-state index contributed by atoms with van der Waals surface area (Å²) in [7, 11) is 3.28. The summed E-state index contributed by atoms with van der Waals surface area (Å²) in [5.74, 6) is -0.247. The Bertz CT molecular complexity index is 1330. The number of fused-ring (bicyclic) bond motifs is 1. The van der Waals surface area contributed by atoms with Crippen LogP contribution in [0.5, 0.6) is 11.5 Å². The Balaban J connectivity index is 2.24. The Morgan fingerprint density at radius 2 is 1.51 bits per heavy atom. The molecule has 0 saturated heterocycles. The van der Waals surface area contributed by atoms with Crippen LogP contribution in [0.2, 0.25) is 0 Å². The zero-order chi connectivity index (χ0) is 32.3. The van der Waals surface area contributed by atoms with Crippen LogP contribution in [0.15, 0.2) is 30.3 Å². The first kappa shape index (κ1) is 33.1. The van der Waals surface area contributed by atoms with Crippen molar-refractivity contribution in [2.75, 3.05) is 32.8 Å². The van der Waals surface area contributed by atoms with Crippen LogP contribution < -0.4 is 14.4 Å². The predicted octanol–water partition coefficient (Wildman–Crippen LogP) is 6.94. The van der Waals surface area contributed by atoms with E-state index in [1.807, 2.05) is 0 Å². The van der Waals surface area contributed by atoms with Crippen molar-refractivity contribution in [3.63, 3.8) is 0 Å². The summed E-state index contributed by atoms with van der Waals surface area (Å²) in [4.78, 5) is 40.1. The third-order valence-corrected chi connectivity index (χ3v) is 6.55. The maximum atomic E-state index is 13.5. The van der Waals surface area contributed by atoms with E-state index in [1.165, 1.54) is 24.1 Å². The second-order valence-corrected chi connectivity index (χ2v) is 9.30. The van der Waals surface area contributed by atoms with Gasteiger partial charge in [-0.2, -0.15) is 26.3 Å². The van der Waals surface area contributed by atoms with Crippen molar-refractivity contribution in [3.05, 3.63) is 52.6 Å². The van der Waals surface area contributed by atoms with Crippen molar-refractivity contribution >= 4 is 24.0 Å². The van der Waals surface area contributed by atoms with Gasteiger partial charge in [-0.1, -0.05) is 0 Å². The number of carbonyl (C=O) groups excluding carboxylic acids is 3. The van der Waals surface area contributed by atoms with Crippen LogP contribution in [-0.2, 0) is 33.1 Å². The maximum absolute atomic E-state index is 13.5. The molecule has 1 aliphatic rings. The van der Waals surface area contributed by atoms with E-state index in [4.69, 9.17) is 18.9 Å². The number of nitrogens with zero attached hydrogens (tertiary/aromatic N) is 2. The van der Waals surface area contributed by atoms with Crippen LogP contribution in [0.3, 0.4) is 0 Å². The summed E-state index contributed by atoms with van der Waals surface area (Å²) in [6, 6.07) is 1.72. The molecule has 1 heterocycles. The second-order valence-electron chi connectivity index (χ2n) is 9.30. The molecular formula is C27H28F6N2O8. The third-order valence-electron chi connectivity index (χ3n) is 6.55. The fraction of sp³-hybridized carbons (Fsp3) is 0.444. The van der Waals surface area contributed by atoms with Gasteiger partial charge in [0.1, 0.15) is 0 Å². The predicted molar refractivity (Wildman–Crippen MR) is 137 cm³/mol. The number of halogens is 6. The van der Waals surface area contributed by atoms with Crippen molar-refractivity contribution in [3.8, 4) is 11.5 Å². The quantitative estimate of drug-likeness (QED) is 0.148. The normalized spacial score (nSPS) is 16.6. The summed E-state index contributed by atoms with van der Waals surface area (Å²) in [6.45, 7) is 2.43. The molecular weight excluding hydrogens is 594 g/mol. The number of amides is 2. The Morgan fingerprint density at radius 3 is 2.00 bits per heavy atom. The van der Waals surface area contributed by atoms with E-state index in [0.717, 1.165) is 19.1 Å². The van der Waals surface area contributed by atoms with Crippen molar-refractivity contribution in [2.24, 2.45) is 0 Å². The lowest BCUT2D eigenvalue weighted by atomic mass is 9.90. The van der Waals surface area contributed by atoms with Gasteiger partial charge >= 0.3 is 30.7 Å². The van der Waals surface area contributed by atoms with E-state index in [2.05, 4.69) is 4.74 Å². The summed E-state index contributed by atoms with van der Waals surface area (Å²) in [5, 5.41) is 0. The Morgan fingerprint density at radius 1 is 0.907 bits per heavy atom. The molecule has 0 aromatic heterocycles. The minimum absolute atomic E-state index is 0.00680. The van der Waals surface area contributed by atoms with Crippen molar-refractivity contribution < 1.29 is 64.4 Å². The number of hydrogen-bond donors (Lipinski definition) is 0. The van der Waals surface area contributed by atoms with Gasteiger partial charge < -0.3 is 23.7 Å². The van der Waals surface area contributed by atoms with Crippen LogP contribution in [-0.4, -0.2) is 57.2 Å². The van der Waals surface area contributed by atoms with Gasteiger partial charge in [0.25, 0.3) is 0 Å². The van der Waals surface area contributed by atoms with Crippen LogP contribution in [0.25, 0.3) is 0 Å². The first-order chi connectivity index (χ1) is 20.0. The first-order valence-electron chi connectivity index (χ1n) is 12.6. The highest BCUT2D eigenvalue weighted by Crippen LogP contribution is 2.47. The van der Waals surface area contributed by atoms with Crippen LogP contribution >= 0.6 is 0 Å². The second kappa shape index (κ2) is 12.9. The number of alkyl halides is 6. The minimum atomic E-state index is -5.12. The number of carbonyl (C=O) groups is 3. The molecule has 2 atom stereocenters. The molecule has 10 nitrogen and oxygen atoms in total.